The molecule has 4 nitrogen and oxygen atoms in total. The summed E-state index contributed by atoms with van der Waals surface area (Å²) in [6.07, 6.45) is 6.04. The molecule has 86 valence electrons. The number of anilines is 1. The van der Waals surface area contributed by atoms with Gasteiger partial charge in [0, 0.05) is 29.3 Å². The van der Waals surface area contributed by atoms with E-state index >= 15 is 0 Å². The standard InChI is InChI=1S/C11H15N3OS/c12-9-7-13-5-3-10(9)16-8-2-1-4-14-11(15)6-8/h3,5,7-8H,1-2,4,6,12H2,(H,14,15). The normalized spacial score (nSPS) is 21.2. The van der Waals surface area contributed by atoms with Crippen LogP contribution in [0.2, 0.25) is 0 Å². The lowest BCUT2D eigenvalue weighted by Gasteiger charge is -2.13. The second-order valence-electron chi connectivity index (χ2n) is 3.85. The van der Waals surface area contributed by atoms with Crippen molar-refractivity contribution in [3.63, 3.8) is 0 Å². The molecule has 1 aromatic heterocycles. The number of aromatic nitrogens is 1. The van der Waals surface area contributed by atoms with Crippen LogP contribution in [0.25, 0.3) is 0 Å². The lowest BCUT2D eigenvalue weighted by atomic mass is 10.2. The Labute approximate surface area is 99.0 Å². The van der Waals surface area contributed by atoms with Crippen molar-refractivity contribution >= 4 is 23.4 Å². The van der Waals surface area contributed by atoms with Crippen LogP contribution in [0.3, 0.4) is 0 Å². The fourth-order valence-corrected chi connectivity index (χ4v) is 2.93. The van der Waals surface area contributed by atoms with Crippen molar-refractivity contribution in [1.82, 2.24) is 10.3 Å². The first-order valence-electron chi connectivity index (χ1n) is 5.38. The van der Waals surface area contributed by atoms with Crippen molar-refractivity contribution in [3.05, 3.63) is 18.5 Å². The number of nitrogens with one attached hydrogen (secondary N) is 1. The van der Waals surface area contributed by atoms with Gasteiger partial charge in [0.15, 0.2) is 0 Å². The van der Waals surface area contributed by atoms with Gasteiger partial charge in [-0.3, -0.25) is 9.78 Å². The van der Waals surface area contributed by atoms with Gasteiger partial charge in [-0.15, -0.1) is 11.8 Å². The van der Waals surface area contributed by atoms with Gasteiger partial charge < -0.3 is 11.1 Å². The third-order valence-corrected chi connectivity index (χ3v) is 3.90. The van der Waals surface area contributed by atoms with Gasteiger partial charge in [0.1, 0.15) is 0 Å². The minimum atomic E-state index is 0.141. The zero-order valence-corrected chi connectivity index (χ0v) is 9.80. The van der Waals surface area contributed by atoms with Crippen molar-refractivity contribution in [2.24, 2.45) is 0 Å². The predicted molar refractivity (Wildman–Crippen MR) is 65.2 cm³/mol. The molecule has 5 heteroatoms. The van der Waals surface area contributed by atoms with Crippen molar-refractivity contribution < 1.29 is 4.79 Å². The highest BCUT2D eigenvalue weighted by molar-refractivity contribution is 8.00. The number of carbonyl (C=O) groups is 1. The highest BCUT2D eigenvalue weighted by atomic mass is 32.2. The van der Waals surface area contributed by atoms with Crippen LogP contribution in [-0.2, 0) is 4.79 Å². The topological polar surface area (TPSA) is 68.0 Å². The maximum atomic E-state index is 11.4. The zero-order chi connectivity index (χ0) is 11.4. The SMILES string of the molecule is Nc1cnccc1SC1CCCNC(=O)C1. The molecule has 3 N–H and O–H groups in total. The van der Waals surface area contributed by atoms with E-state index < -0.39 is 0 Å². The van der Waals surface area contributed by atoms with Crippen LogP contribution in [0.5, 0.6) is 0 Å². The zero-order valence-electron chi connectivity index (χ0n) is 8.98. The first-order valence-corrected chi connectivity index (χ1v) is 6.26. The smallest absolute Gasteiger partial charge is 0.221 e. The first kappa shape index (κ1) is 11.3. The van der Waals surface area contributed by atoms with Gasteiger partial charge in [-0.05, 0) is 18.9 Å². The Hall–Kier alpha value is -1.23. The Morgan fingerprint density at radius 3 is 3.25 bits per heavy atom. The van der Waals surface area contributed by atoms with Crippen LogP contribution in [-0.4, -0.2) is 22.7 Å². The van der Waals surface area contributed by atoms with Gasteiger partial charge in [0.25, 0.3) is 0 Å². The van der Waals surface area contributed by atoms with E-state index in [0.29, 0.717) is 17.4 Å². The summed E-state index contributed by atoms with van der Waals surface area (Å²) >= 11 is 1.68. The number of carbonyl (C=O) groups excluding carboxylic acids is 1. The van der Waals surface area contributed by atoms with Crippen molar-refractivity contribution in [3.8, 4) is 0 Å². The molecule has 0 spiro atoms. The number of rotatable bonds is 2. The minimum Gasteiger partial charge on any atom is -0.397 e. The molecule has 0 bridgehead atoms. The average Bonchev–Trinajstić information content (AvgIpc) is 2.46. The van der Waals surface area contributed by atoms with Crippen LogP contribution >= 0.6 is 11.8 Å². The highest BCUT2D eigenvalue weighted by Crippen LogP contribution is 2.32. The Morgan fingerprint density at radius 1 is 1.56 bits per heavy atom. The quantitative estimate of drug-likeness (QED) is 0.816. The molecule has 1 amide bonds. The molecule has 1 atom stereocenters. The minimum absolute atomic E-state index is 0.141. The lowest BCUT2D eigenvalue weighted by Crippen LogP contribution is -2.22. The average molecular weight is 237 g/mol. The van der Waals surface area contributed by atoms with E-state index in [1.54, 1.807) is 24.2 Å². The number of hydrogen-bond donors (Lipinski definition) is 2. The van der Waals surface area contributed by atoms with Gasteiger partial charge in [0.2, 0.25) is 5.91 Å². The maximum Gasteiger partial charge on any atom is 0.221 e. The third kappa shape index (κ3) is 2.88. The van der Waals surface area contributed by atoms with Crippen LogP contribution in [0, 0.1) is 0 Å². The van der Waals surface area contributed by atoms with Crippen LogP contribution in [0.1, 0.15) is 19.3 Å². The van der Waals surface area contributed by atoms with Crippen molar-refractivity contribution in [2.75, 3.05) is 12.3 Å². The molecule has 2 rings (SSSR count). The predicted octanol–water partition coefficient (Wildman–Crippen LogP) is 1.42. The summed E-state index contributed by atoms with van der Waals surface area (Å²) in [4.78, 5) is 16.4. The molecule has 2 heterocycles. The van der Waals surface area contributed by atoms with Gasteiger partial charge in [-0.2, -0.15) is 0 Å². The van der Waals surface area contributed by atoms with Crippen LogP contribution < -0.4 is 11.1 Å². The van der Waals surface area contributed by atoms with Gasteiger partial charge >= 0.3 is 0 Å². The summed E-state index contributed by atoms with van der Waals surface area (Å²) < 4.78 is 0. The molecule has 0 radical (unpaired) electrons. The molecule has 1 unspecified atom stereocenters. The molecule has 1 aliphatic rings. The first-order chi connectivity index (χ1) is 7.75. The number of nitrogens with two attached hydrogens (primary N) is 1. The van der Waals surface area contributed by atoms with Gasteiger partial charge in [-0.25, -0.2) is 0 Å². The number of pyridine rings is 1. The fraction of sp³-hybridized carbons (Fsp3) is 0.455. The molecule has 1 aliphatic heterocycles. The van der Waals surface area contributed by atoms with E-state index in [0.717, 1.165) is 24.3 Å². The lowest BCUT2D eigenvalue weighted by molar-refractivity contribution is -0.120. The molecule has 1 saturated heterocycles. The molecule has 0 aromatic carbocycles. The summed E-state index contributed by atoms with van der Waals surface area (Å²) in [6, 6.07) is 1.91. The van der Waals surface area contributed by atoms with E-state index in [2.05, 4.69) is 10.3 Å². The monoisotopic (exact) mass is 237 g/mol. The number of nitrogens with zero attached hydrogens (tertiary/aromatic N) is 1. The van der Waals surface area contributed by atoms with Crippen molar-refractivity contribution in [2.45, 2.75) is 29.4 Å². The van der Waals surface area contributed by atoms with Crippen LogP contribution in [0.4, 0.5) is 5.69 Å². The van der Waals surface area contributed by atoms with E-state index in [1.807, 2.05) is 6.07 Å². The van der Waals surface area contributed by atoms with E-state index in [9.17, 15) is 4.79 Å². The molecule has 1 fully saturated rings. The summed E-state index contributed by atoms with van der Waals surface area (Å²) in [7, 11) is 0. The summed E-state index contributed by atoms with van der Waals surface area (Å²) in [5, 5.41) is 3.21. The molecular weight excluding hydrogens is 222 g/mol. The Morgan fingerprint density at radius 2 is 2.44 bits per heavy atom. The molecule has 1 aromatic rings. The van der Waals surface area contributed by atoms with Crippen molar-refractivity contribution in [1.29, 1.82) is 0 Å². The van der Waals surface area contributed by atoms with E-state index in [1.165, 1.54) is 0 Å². The summed E-state index contributed by atoms with van der Waals surface area (Å²) in [5.74, 6) is 0.141. The van der Waals surface area contributed by atoms with E-state index in [-0.39, 0.29) is 5.91 Å². The largest absolute Gasteiger partial charge is 0.397 e. The fourth-order valence-electron chi connectivity index (χ4n) is 1.72. The number of thioether (sulfide) groups is 1. The summed E-state index contributed by atoms with van der Waals surface area (Å²) in [6.45, 7) is 0.793. The molecule has 0 saturated carbocycles. The second kappa shape index (κ2) is 5.21. The van der Waals surface area contributed by atoms with Gasteiger partial charge in [-0.1, -0.05) is 0 Å². The summed E-state index contributed by atoms with van der Waals surface area (Å²) in [5.41, 5.74) is 6.52. The highest BCUT2D eigenvalue weighted by Gasteiger charge is 2.19. The number of nitrogen functional groups attached to an aromatic ring is 1. The van der Waals surface area contributed by atoms with E-state index in [4.69, 9.17) is 5.73 Å². The Balaban J connectivity index is 2.03. The molecule has 0 aliphatic carbocycles. The van der Waals surface area contributed by atoms with Gasteiger partial charge in [0.05, 0.1) is 11.9 Å². The third-order valence-electron chi connectivity index (χ3n) is 2.54. The number of hydrogen-bond acceptors (Lipinski definition) is 4. The Bertz CT molecular complexity index is 383. The maximum absolute atomic E-state index is 11.4. The second-order valence-corrected chi connectivity index (χ2v) is 5.19. The Kier molecular flexibility index (Phi) is 3.66. The molecular formula is C11H15N3OS. The number of amides is 1. The van der Waals surface area contributed by atoms with Crippen LogP contribution in [0.15, 0.2) is 23.4 Å². The molecule has 16 heavy (non-hydrogen) atoms.